The van der Waals surface area contributed by atoms with Crippen LogP contribution < -0.4 is 30.8 Å². The number of ether oxygens (including phenoxy) is 2. The number of benzene rings is 5. The van der Waals surface area contributed by atoms with Gasteiger partial charge in [-0.15, -0.1) is 0 Å². The molecule has 5 heteroatoms. The second kappa shape index (κ2) is 9.73. The van der Waals surface area contributed by atoms with Crippen molar-refractivity contribution in [2.45, 2.75) is 87.3 Å². The zero-order valence-corrected chi connectivity index (χ0v) is 29.1. The molecular weight excluding hydrogens is 593 g/mol. The SMILES string of the molecule is CC(C)(C)c1cc2c3c(c1)Oc1c(ccc4c1C(C)(C)CCC4(C)C)B3c1ccc(N3c4ccccc4Sc4ccccc43)cc1O2. The highest BCUT2D eigenvalue weighted by atomic mass is 32.2. The number of rotatable bonds is 1. The first-order valence-corrected chi connectivity index (χ1v) is 17.7. The van der Waals surface area contributed by atoms with Gasteiger partial charge in [-0.2, -0.15) is 0 Å². The minimum Gasteiger partial charge on any atom is -0.458 e. The Morgan fingerprint density at radius 1 is 0.681 bits per heavy atom. The van der Waals surface area contributed by atoms with E-state index in [1.165, 1.54) is 55.2 Å². The molecule has 4 aliphatic rings. The number of hydrogen-bond donors (Lipinski definition) is 0. The van der Waals surface area contributed by atoms with E-state index in [0.717, 1.165) is 40.6 Å². The molecule has 5 aromatic rings. The number of hydrogen-bond acceptors (Lipinski definition) is 4. The zero-order valence-electron chi connectivity index (χ0n) is 28.3. The van der Waals surface area contributed by atoms with E-state index in [1.54, 1.807) is 0 Å². The van der Waals surface area contributed by atoms with Crippen LogP contribution in [0.5, 0.6) is 23.0 Å². The fourth-order valence-electron chi connectivity index (χ4n) is 8.22. The van der Waals surface area contributed by atoms with Crippen LogP contribution in [0.25, 0.3) is 0 Å². The third kappa shape index (κ3) is 4.28. The van der Waals surface area contributed by atoms with Crippen LogP contribution in [0.1, 0.15) is 78.0 Å². The average molecular weight is 634 g/mol. The lowest BCUT2D eigenvalue weighted by atomic mass is 9.34. The predicted octanol–water partition coefficient (Wildman–Crippen LogP) is 10.00. The Morgan fingerprint density at radius 3 is 1.98 bits per heavy atom. The molecule has 0 N–H and O–H groups in total. The van der Waals surface area contributed by atoms with Gasteiger partial charge in [0.25, 0.3) is 6.71 Å². The fraction of sp³-hybridized carbons (Fsp3) is 0.286. The van der Waals surface area contributed by atoms with Gasteiger partial charge in [-0.05, 0) is 93.6 Å². The molecule has 0 fully saturated rings. The zero-order chi connectivity index (χ0) is 32.5. The molecular formula is C42H40BNO2S. The lowest BCUT2D eigenvalue weighted by Crippen LogP contribution is -2.58. The van der Waals surface area contributed by atoms with Crippen molar-refractivity contribution < 1.29 is 9.47 Å². The molecule has 0 bridgehead atoms. The van der Waals surface area contributed by atoms with Gasteiger partial charge in [0.15, 0.2) is 0 Å². The monoisotopic (exact) mass is 633 g/mol. The third-order valence-electron chi connectivity index (χ3n) is 11.0. The van der Waals surface area contributed by atoms with E-state index >= 15 is 0 Å². The van der Waals surface area contributed by atoms with Crippen LogP contribution >= 0.6 is 11.8 Å². The van der Waals surface area contributed by atoms with E-state index in [1.807, 2.05) is 11.8 Å². The van der Waals surface area contributed by atoms with Crippen molar-refractivity contribution in [1.82, 2.24) is 0 Å². The van der Waals surface area contributed by atoms with Crippen LogP contribution in [0.3, 0.4) is 0 Å². The van der Waals surface area contributed by atoms with Gasteiger partial charge < -0.3 is 14.4 Å². The van der Waals surface area contributed by atoms with E-state index in [-0.39, 0.29) is 23.0 Å². The van der Waals surface area contributed by atoms with E-state index in [2.05, 4.69) is 144 Å². The highest BCUT2D eigenvalue weighted by Crippen LogP contribution is 2.53. The first-order chi connectivity index (χ1) is 22.4. The Bertz CT molecular complexity index is 2100. The summed E-state index contributed by atoms with van der Waals surface area (Å²) in [6.07, 6.45) is 2.31. The molecule has 47 heavy (non-hydrogen) atoms. The van der Waals surface area contributed by atoms with E-state index in [4.69, 9.17) is 9.47 Å². The number of anilines is 3. The summed E-state index contributed by atoms with van der Waals surface area (Å²) in [4.78, 5) is 4.89. The standard InChI is InChI=1S/C42H40BNO2S/c1-40(2,3)25-22-33-38-34(23-25)46-39-29(19-17-27-37(39)42(6,7)21-20-41(27,4)5)43(38)28-18-16-26(24-32(28)45-33)44-30-12-8-10-14-35(30)47-36-15-11-9-13-31(36)44/h8-19,22-24H,20-21H2,1-7H3. The van der Waals surface area contributed by atoms with Crippen LogP contribution in [0, 0.1) is 0 Å². The van der Waals surface area contributed by atoms with Gasteiger partial charge in [0, 0.05) is 32.6 Å². The van der Waals surface area contributed by atoms with Crippen LogP contribution in [0.2, 0.25) is 0 Å². The van der Waals surface area contributed by atoms with Crippen LogP contribution in [0.4, 0.5) is 17.1 Å². The number of nitrogens with zero attached hydrogens (tertiary/aromatic N) is 1. The van der Waals surface area contributed by atoms with Crippen molar-refractivity contribution in [3.63, 3.8) is 0 Å². The Hall–Kier alpha value is -4.09. The summed E-state index contributed by atoms with van der Waals surface area (Å²) in [5.41, 5.74) is 11.1. The largest absolute Gasteiger partial charge is 0.458 e. The smallest absolute Gasteiger partial charge is 0.260 e. The summed E-state index contributed by atoms with van der Waals surface area (Å²) in [6, 6.07) is 33.5. The number of fused-ring (bicyclic) bond motifs is 8. The lowest BCUT2D eigenvalue weighted by Gasteiger charge is -2.45. The van der Waals surface area contributed by atoms with Crippen LogP contribution in [0.15, 0.2) is 101 Å². The highest BCUT2D eigenvalue weighted by molar-refractivity contribution is 7.99. The molecule has 0 amide bonds. The van der Waals surface area contributed by atoms with Gasteiger partial charge in [0.2, 0.25) is 0 Å². The Morgan fingerprint density at radius 2 is 1.30 bits per heavy atom. The van der Waals surface area contributed by atoms with E-state index < -0.39 is 0 Å². The Balaban J connectivity index is 1.27. The van der Waals surface area contributed by atoms with Gasteiger partial charge in [0.05, 0.1) is 11.4 Å². The second-order valence-electron chi connectivity index (χ2n) is 16.0. The second-order valence-corrected chi connectivity index (χ2v) is 17.1. The molecule has 3 nitrogen and oxygen atoms in total. The molecule has 0 atom stereocenters. The maximum atomic E-state index is 7.11. The van der Waals surface area contributed by atoms with Crippen molar-refractivity contribution in [2.75, 3.05) is 4.90 Å². The number of para-hydroxylation sites is 2. The van der Waals surface area contributed by atoms with Gasteiger partial charge in [-0.1, -0.05) is 103 Å². The highest BCUT2D eigenvalue weighted by Gasteiger charge is 2.46. The summed E-state index contributed by atoms with van der Waals surface area (Å²) < 4.78 is 14.1. The molecule has 0 radical (unpaired) electrons. The summed E-state index contributed by atoms with van der Waals surface area (Å²) in [6.45, 7) is 16.4. The van der Waals surface area contributed by atoms with Gasteiger partial charge in [-0.25, -0.2) is 0 Å². The van der Waals surface area contributed by atoms with Gasteiger partial charge in [0.1, 0.15) is 23.0 Å². The topological polar surface area (TPSA) is 21.7 Å². The lowest BCUT2D eigenvalue weighted by molar-refractivity contribution is 0.320. The van der Waals surface area contributed by atoms with Crippen molar-refractivity contribution in [1.29, 1.82) is 0 Å². The average Bonchev–Trinajstić information content (AvgIpc) is 3.04. The molecule has 0 saturated carbocycles. The molecule has 0 spiro atoms. The molecule has 0 saturated heterocycles. The Labute approximate surface area is 283 Å². The maximum Gasteiger partial charge on any atom is 0.260 e. The Kier molecular flexibility index (Phi) is 6.02. The van der Waals surface area contributed by atoms with Gasteiger partial charge in [-0.3, -0.25) is 0 Å². The molecule has 3 aliphatic heterocycles. The summed E-state index contributed by atoms with van der Waals surface area (Å²) in [5.74, 6) is 3.81. The molecule has 1 aliphatic carbocycles. The van der Waals surface area contributed by atoms with Crippen molar-refractivity contribution in [3.05, 3.63) is 108 Å². The van der Waals surface area contributed by atoms with Crippen molar-refractivity contribution in [3.8, 4) is 23.0 Å². The fourth-order valence-corrected chi connectivity index (χ4v) is 9.28. The summed E-state index contributed by atoms with van der Waals surface area (Å²) in [5, 5.41) is 0. The van der Waals surface area contributed by atoms with Crippen molar-refractivity contribution >= 4 is 51.9 Å². The first kappa shape index (κ1) is 29.1. The first-order valence-electron chi connectivity index (χ1n) is 16.9. The summed E-state index contributed by atoms with van der Waals surface area (Å²) in [7, 11) is 0. The predicted molar refractivity (Wildman–Crippen MR) is 197 cm³/mol. The molecule has 5 aromatic carbocycles. The minimum atomic E-state index is -0.0631. The maximum absolute atomic E-state index is 7.11. The normalized spacial score (nSPS) is 17.6. The molecule has 0 aromatic heterocycles. The van der Waals surface area contributed by atoms with Crippen molar-refractivity contribution in [2.24, 2.45) is 0 Å². The third-order valence-corrected chi connectivity index (χ3v) is 12.1. The van der Waals surface area contributed by atoms with Crippen LogP contribution in [-0.2, 0) is 16.2 Å². The van der Waals surface area contributed by atoms with Gasteiger partial charge >= 0.3 is 0 Å². The van der Waals surface area contributed by atoms with E-state index in [0.29, 0.717) is 0 Å². The molecule has 9 rings (SSSR count). The minimum absolute atomic E-state index is 0.0169. The molecule has 0 unspecified atom stereocenters. The van der Waals surface area contributed by atoms with E-state index in [9.17, 15) is 0 Å². The molecule has 3 heterocycles. The molecule has 234 valence electrons. The quantitative estimate of drug-likeness (QED) is 0.168. The summed E-state index contributed by atoms with van der Waals surface area (Å²) >= 11 is 1.83. The van der Waals surface area contributed by atoms with Crippen LogP contribution in [-0.4, -0.2) is 6.71 Å².